The van der Waals surface area contributed by atoms with Crippen molar-refractivity contribution >= 4 is 22.4 Å². The second-order valence-corrected chi connectivity index (χ2v) is 5.40. The molecule has 0 aromatic heterocycles. The fraction of sp³-hybridized carbons (Fsp3) is 0.105. The first-order valence-corrected chi connectivity index (χ1v) is 7.56. The van der Waals surface area contributed by atoms with Crippen LogP contribution in [-0.2, 0) is 11.3 Å². The number of methoxy groups -OCH3 is 1. The Kier molecular flexibility index (Phi) is 4.61. The molecule has 0 bridgehead atoms. The van der Waals surface area contributed by atoms with E-state index in [0.717, 1.165) is 10.8 Å². The third-order valence-corrected chi connectivity index (χ3v) is 3.80. The summed E-state index contributed by atoms with van der Waals surface area (Å²) in [5.74, 6) is -0.0756. The minimum atomic E-state index is -0.513. The molecule has 6 nitrogen and oxygen atoms in total. The summed E-state index contributed by atoms with van der Waals surface area (Å²) < 4.78 is 10.6. The smallest absolute Gasteiger partial charge is 0.342 e. The van der Waals surface area contributed by atoms with Gasteiger partial charge in [-0.15, -0.1) is 0 Å². The fourth-order valence-corrected chi connectivity index (χ4v) is 2.49. The first kappa shape index (κ1) is 16.4. The molecule has 0 radical (unpaired) electrons. The van der Waals surface area contributed by atoms with Gasteiger partial charge in [-0.2, -0.15) is 0 Å². The van der Waals surface area contributed by atoms with Crippen LogP contribution in [0.4, 0.5) is 5.69 Å². The molecule has 0 spiro atoms. The van der Waals surface area contributed by atoms with E-state index in [1.54, 1.807) is 24.3 Å². The van der Waals surface area contributed by atoms with Gasteiger partial charge in [0.2, 0.25) is 0 Å². The van der Waals surface area contributed by atoms with Gasteiger partial charge in [0.05, 0.1) is 12.0 Å². The fourth-order valence-electron chi connectivity index (χ4n) is 2.49. The maximum Gasteiger partial charge on any atom is 0.342 e. The van der Waals surface area contributed by atoms with Gasteiger partial charge in [0, 0.05) is 12.1 Å². The summed E-state index contributed by atoms with van der Waals surface area (Å²) >= 11 is 0. The molecule has 3 rings (SSSR count). The van der Waals surface area contributed by atoms with Crippen LogP contribution in [0, 0.1) is 10.1 Å². The number of ether oxygens (including phenoxy) is 2. The number of benzene rings is 3. The predicted molar refractivity (Wildman–Crippen MR) is 92.7 cm³/mol. The summed E-state index contributed by atoms with van der Waals surface area (Å²) in [7, 11) is 1.50. The van der Waals surface area contributed by atoms with Crippen molar-refractivity contribution in [3.8, 4) is 5.75 Å². The highest BCUT2D eigenvalue weighted by atomic mass is 16.6. The van der Waals surface area contributed by atoms with Gasteiger partial charge in [-0.1, -0.05) is 24.3 Å². The molecule has 0 aliphatic heterocycles. The molecule has 0 unspecified atom stereocenters. The van der Waals surface area contributed by atoms with Crippen molar-refractivity contribution in [2.75, 3.05) is 7.11 Å². The van der Waals surface area contributed by atoms with Crippen LogP contribution >= 0.6 is 0 Å². The highest BCUT2D eigenvalue weighted by Gasteiger charge is 2.15. The van der Waals surface area contributed by atoms with E-state index in [1.165, 1.54) is 19.2 Å². The maximum atomic E-state index is 12.4. The average molecular weight is 337 g/mol. The normalized spacial score (nSPS) is 10.4. The van der Waals surface area contributed by atoms with Crippen LogP contribution in [0.3, 0.4) is 0 Å². The Balaban J connectivity index is 1.78. The van der Waals surface area contributed by atoms with Gasteiger partial charge in [0.15, 0.2) is 0 Å². The Morgan fingerprint density at radius 2 is 1.68 bits per heavy atom. The molecule has 0 saturated heterocycles. The van der Waals surface area contributed by atoms with Gasteiger partial charge in [-0.3, -0.25) is 10.1 Å². The highest BCUT2D eigenvalue weighted by molar-refractivity contribution is 5.98. The molecule has 25 heavy (non-hydrogen) atoms. The Morgan fingerprint density at radius 3 is 2.28 bits per heavy atom. The van der Waals surface area contributed by atoms with Gasteiger partial charge >= 0.3 is 5.97 Å². The van der Waals surface area contributed by atoms with Crippen LogP contribution in [0.25, 0.3) is 10.8 Å². The van der Waals surface area contributed by atoms with Crippen LogP contribution in [0.5, 0.6) is 5.75 Å². The molecule has 0 saturated carbocycles. The van der Waals surface area contributed by atoms with Crippen LogP contribution in [0.1, 0.15) is 15.9 Å². The van der Waals surface area contributed by atoms with Crippen molar-refractivity contribution in [1.82, 2.24) is 0 Å². The Labute approximate surface area is 143 Å². The summed E-state index contributed by atoms with van der Waals surface area (Å²) in [5, 5.41) is 12.5. The quantitative estimate of drug-likeness (QED) is 0.398. The molecule has 0 fully saturated rings. The monoisotopic (exact) mass is 337 g/mol. The molecule has 0 aliphatic rings. The van der Waals surface area contributed by atoms with Crippen molar-refractivity contribution in [2.45, 2.75) is 6.61 Å². The number of carbonyl (C=O) groups is 1. The predicted octanol–water partition coefficient (Wildman–Crippen LogP) is 4.11. The molecule has 0 aliphatic carbocycles. The number of non-ortho nitro benzene ring substituents is 1. The van der Waals surface area contributed by atoms with Crippen molar-refractivity contribution in [1.29, 1.82) is 0 Å². The SMILES string of the molecule is COc1cc2ccccc2cc1C(=O)OCc1ccc([N+](=O)[O-])cc1. The first-order valence-electron chi connectivity index (χ1n) is 7.56. The first-order chi connectivity index (χ1) is 12.1. The van der Waals surface area contributed by atoms with Crippen LogP contribution in [0.15, 0.2) is 60.7 Å². The van der Waals surface area contributed by atoms with Gasteiger partial charge in [0.25, 0.3) is 5.69 Å². The van der Waals surface area contributed by atoms with Crippen molar-refractivity contribution < 1.29 is 19.2 Å². The van der Waals surface area contributed by atoms with Crippen molar-refractivity contribution in [3.05, 3.63) is 81.9 Å². The van der Waals surface area contributed by atoms with Gasteiger partial charge in [-0.25, -0.2) is 4.79 Å². The number of nitrogens with zero attached hydrogens (tertiary/aromatic N) is 1. The molecule has 3 aromatic rings. The molecule has 0 N–H and O–H groups in total. The lowest BCUT2D eigenvalue weighted by molar-refractivity contribution is -0.384. The number of carbonyl (C=O) groups excluding carboxylic acids is 1. The molecule has 6 heteroatoms. The van der Waals surface area contributed by atoms with Gasteiger partial charge in [0.1, 0.15) is 17.9 Å². The lowest BCUT2D eigenvalue weighted by atomic mass is 10.1. The summed E-state index contributed by atoms with van der Waals surface area (Å²) in [6.07, 6.45) is 0. The maximum absolute atomic E-state index is 12.4. The van der Waals surface area contributed by atoms with E-state index < -0.39 is 10.9 Å². The van der Waals surface area contributed by atoms with E-state index in [9.17, 15) is 14.9 Å². The zero-order chi connectivity index (χ0) is 17.8. The van der Waals surface area contributed by atoms with E-state index in [1.807, 2.05) is 24.3 Å². The number of nitro benzene ring substituents is 1. The van der Waals surface area contributed by atoms with Crippen LogP contribution < -0.4 is 4.74 Å². The van der Waals surface area contributed by atoms with Crippen molar-refractivity contribution in [2.24, 2.45) is 0 Å². The van der Waals surface area contributed by atoms with Crippen LogP contribution in [0.2, 0.25) is 0 Å². The third kappa shape index (κ3) is 3.58. The number of esters is 1. The summed E-state index contributed by atoms with van der Waals surface area (Å²) in [6.45, 7) is 0.0206. The zero-order valence-corrected chi connectivity index (χ0v) is 13.5. The second kappa shape index (κ2) is 7.00. The van der Waals surface area contributed by atoms with E-state index in [-0.39, 0.29) is 12.3 Å². The lowest BCUT2D eigenvalue weighted by Crippen LogP contribution is -2.07. The second-order valence-electron chi connectivity index (χ2n) is 5.40. The molecule has 0 amide bonds. The number of fused-ring (bicyclic) bond motifs is 1. The summed E-state index contributed by atoms with van der Waals surface area (Å²) in [6, 6.07) is 17.0. The number of rotatable bonds is 5. The minimum absolute atomic E-state index is 0.00808. The average Bonchev–Trinajstić information content (AvgIpc) is 2.65. The highest BCUT2D eigenvalue weighted by Crippen LogP contribution is 2.27. The summed E-state index contributed by atoms with van der Waals surface area (Å²) in [5.41, 5.74) is 0.994. The molecular formula is C19H15NO5. The minimum Gasteiger partial charge on any atom is -0.496 e. The van der Waals surface area contributed by atoms with E-state index in [2.05, 4.69) is 0 Å². The lowest BCUT2D eigenvalue weighted by Gasteiger charge is -2.10. The van der Waals surface area contributed by atoms with E-state index in [4.69, 9.17) is 9.47 Å². The topological polar surface area (TPSA) is 78.7 Å². The van der Waals surface area contributed by atoms with Crippen LogP contribution in [-0.4, -0.2) is 18.0 Å². The Morgan fingerprint density at radius 1 is 1.04 bits per heavy atom. The molecular weight excluding hydrogens is 322 g/mol. The van der Waals surface area contributed by atoms with Gasteiger partial charge in [-0.05, 0) is 40.6 Å². The number of nitro groups is 1. The van der Waals surface area contributed by atoms with E-state index in [0.29, 0.717) is 16.9 Å². The zero-order valence-electron chi connectivity index (χ0n) is 13.5. The largest absolute Gasteiger partial charge is 0.496 e. The standard InChI is InChI=1S/C19H15NO5/c1-24-18-11-15-5-3-2-4-14(15)10-17(18)19(21)25-12-13-6-8-16(9-7-13)20(22)23/h2-11H,12H2,1H3. The Hall–Kier alpha value is -3.41. The number of hydrogen-bond donors (Lipinski definition) is 0. The molecule has 3 aromatic carbocycles. The third-order valence-electron chi connectivity index (χ3n) is 3.80. The summed E-state index contributed by atoms with van der Waals surface area (Å²) in [4.78, 5) is 22.6. The van der Waals surface area contributed by atoms with Gasteiger partial charge < -0.3 is 9.47 Å². The molecule has 126 valence electrons. The molecule has 0 atom stereocenters. The number of hydrogen-bond acceptors (Lipinski definition) is 5. The Bertz CT molecular complexity index is 934. The van der Waals surface area contributed by atoms with Crippen molar-refractivity contribution in [3.63, 3.8) is 0 Å². The molecule has 0 heterocycles. The van der Waals surface area contributed by atoms with E-state index >= 15 is 0 Å².